The summed E-state index contributed by atoms with van der Waals surface area (Å²) >= 11 is 0. The van der Waals surface area contributed by atoms with Gasteiger partial charge in [0.1, 0.15) is 12.1 Å². The minimum Gasteiger partial charge on any atom is -0.481 e. The predicted octanol–water partition coefficient (Wildman–Crippen LogP) is 3.78. The van der Waals surface area contributed by atoms with Gasteiger partial charge in [0.05, 0.1) is 5.25 Å². The van der Waals surface area contributed by atoms with Gasteiger partial charge in [0, 0.05) is 18.6 Å². The van der Waals surface area contributed by atoms with Gasteiger partial charge < -0.3 is 26.6 Å². The Balaban J connectivity index is 2.34. The fourth-order valence-corrected chi connectivity index (χ4v) is 6.42. The molecule has 36 heavy (non-hydrogen) atoms. The molecule has 10 heteroatoms. The number of Topliss-reactive ketones (excluding diaryl/α,β-unsaturated/α-hetero) is 1. The maximum Gasteiger partial charge on any atom is 0.408 e. The third-order valence-corrected chi connectivity index (χ3v) is 8.36. The van der Waals surface area contributed by atoms with Crippen molar-refractivity contribution >= 4 is 39.4 Å². The van der Waals surface area contributed by atoms with Gasteiger partial charge in [-0.1, -0.05) is 82.3 Å². The van der Waals surface area contributed by atoms with Crippen LogP contribution in [0.25, 0.3) is 0 Å². The Kier molecular flexibility index (Phi) is 13.4. The van der Waals surface area contributed by atoms with E-state index in [0.717, 1.165) is 23.3 Å². The molecule has 1 amide bonds. The molecule has 0 heterocycles. The second-order valence-electron chi connectivity index (χ2n) is 8.32. The molecule has 196 valence electrons. The van der Waals surface area contributed by atoms with E-state index >= 15 is 0 Å². The summed E-state index contributed by atoms with van der Waals surface area (Å²) in [6, 6.07) is 18.4. The fraction of sp³-hybridized carbons (Fsp3) is 0.423. The molecule has 1 unspecified atom stereocenters. The Morgan fingerprint density at radius 2 is 1.61 bits per heavy atom. The molecule has 8 nitrogen and oxygen atoms in total. The summed E-state index contributed by atoms with van der Waals surface area (Å²) < 4.78 is 5.43. The van der Waals surface area contributed by atoms with Gasteiger partial charge in [-0.3, -0.25) is 9.59 Å². The van der Waals surface area contributed by atoms with E-state index in [2.05, 4.69) is 5.32 Å². The van der Waals surface area contributed by atoms with Crippen molar-refractivity contribution in [1.82, 2.24) is 5.32 Å². The zero-order valence-corrected chi connectivity index (χ0v) is 21.9. The largest absolute Gasteiger partial charge is 0.481 e. The molecule has 2 aromatic carbocycles. The number of aliphatic carboxylic acids is 1. The quantitative estimate of drug-likeness (QED) is 0.176. The Morgan fingerprint density at radius 3 is 2.19 bits per heavy atom. The highest BCUT2D eigenvalue weighted by Crippen LogP contribution is 2.35. The molecule has 0 aliphatic heterocycles. The monoisotopic (exact) mass is 533 g/mol. The van der Waals surface area contributed by atoms with Crippen LogP contribution in [0.3, 0.4) is 0 Å². The number of carbonyl (C=O) groups excluding carboxylic acids is 2. The maximum absolute atomic E-state index is 14.1. The number of carboxylic acid groups (broad SMARTS) is 1. The van der Waals surface area contributed by atoms with Gasteiger partial charge >= 0.3 is 12.1 Å². The van der Waals surface area contributed by atoms with Gasteiger partial charge in [-0.25, -0.2) is 4.79 Å². The van der Waals surface area contributed by atoms with Crippen LogP contribution in [-0.2, 0) is 27.4 Å². The lowest BCUT2D eigenvalue weighted by Gasteiger charge is -2.35. The van der Waals surface area contributed by atoms with Gasteiger partial charge in [-0.15, -0.1) is 0 Å². The van der Waals surface area contributed by atoms with Crippen LogP contribution in [0.5, 0.6) is 0 Å². The van der Waals surface area contributed by atoms with Crippen LogP contribution >= 0.6 is 21.6 Å². The topological polar surface area (TPSA) is 145 Å². The normalized spacial score (nSPS) is 13.4. The number of amides is 1. The summed E-state index contributed by atoms with van der Waals surface area (Å²) in [5.74, 6) is -0.553. The van der Waals surface area contributed by atoms with E-state index in [4.69, 9.17) is 16.2 Å². The molecule has 0 fully saturated rings. The Hall–Kier alpha value is -2.53. The molecule has 6 N–H and O–H groups in total. The van der Waals surface area contributed by atoms with Crippen LogP contribution in [0, 0.1) is 0 Å². The number of benzene rings is 2. The zero-order chi connectivity index (χ0) is 26.2. The summed E-state index contributed by atoms with van der Waals surface area (Å²) in [4.78, 5) is 38.6. The summed E-state index contributed by atoms with van der Waals surface area (Å²) in [7, 11) is 2.92. The lowest BCUT2D eigenvalue weighted by atomic mass is 9.80. The molecule has 2 atom stereocenters. The first kappa shape index (κ1) is 29.7. The second-order valence-corrected chi connectivity index (χ2v) is 11.0. The van der Waals surface area contributed by atoms with E-state index in [9.17, 15) is 19.5 Å². The lowest BCUT2D eigenvalue weighted by molar-refractivity contribution is -0.137. The number of nitrogens with one attached hydrogen (secondary N) is 1. The fourth-order valence-electron chi connectivity index (χ4n) is 3.64. The zero-order valence-electron chi connectivity index (χ0n) is 20.3. The number of hydrogen-bond donors (Lipinski definition) is 4. The number of carboxylic acids is 1. The number of ether oxygens (including phenoxy) is 1. The van der Waals surface area contributed by atoms with Crippen molar-refractivity contribution in [3.63, 3.8) is 0 Å². The molecular formula is C26H35N3O5S2. The smallest absolute Gasteiger partial charge is 0.408 e. The van der Waals surface area contributed by atoms with Crippen molar-refractivity contribution in [3.05, 3.63) is 71.8 Å². The van der Waals surface area contributed by atoms with E-state index in [0.29, 0.717) is 13.0 Å². The van der Waals surface area contributed by atoms with E-state index in [1.165, 1.54) is 21.6 Å². The third kappa shape index (κ3) is 10.2. The first-order valence-electron chi connectivity index (χ1n) is 11.9. The van der Waals surface area contributed by atoms with Gasteiger partial charge in [0.25, 0.3) is 0 Å². The van der Waals surface area contributed by atoms with Crippen LogP contribution in [-0.4, -0.2) is 52.6 Å². The van der Waals surface area contributed by atoms with E-state index < -0.39 is 22.9 Å². The van der Waals surface area contributed by atoms with Crippen LogP contribution in [0.1, 0.15) is 36.8 Å². The Bertz CT molecular complexity index is 949. The minimum atomic E-state index is -1.48. The van der Waals surface area contributed by atoms with Crippen molar-refractivity contribution in [1.29, 1.82) is 0 Å². The molecule has 0 aliphatic rings. The average molecular weight is 534 g/mol. The molecule has 0 aromatic heterocycles. The number of ketones is 1. The maximum atomic E-state index is 14.1. The molecule has 0 radical (unpaired) electrons. The van der Waals surface area contributed by atoms with Gasteiger partial charge in [0.2, 0.25) is 0 Å². The van der Waals surface area contributed by atoms with Crippen molar-refractivity contribution in [2.75, 3.05) is 18.8 Å². The van der Waals surface area contributed by atoms with Gasteiger partial charge in [-0.05, 0) is 43.5 Å². The summed E-state index contributed by atoms with van der Waals surface area (Å²) in [5.41, 5.74) is 11.5. The van der Waals surface area contributed by atoms with Crippen LogP contribution in [0.4, 0.5) is 4.79 Å². The SMILES string of the molecule is NCCCSSC(CCN)C(=O)[C@@](CCC(=O)O)(Cc1ccccc1)NC(=O)OCc1ccccc1. The minimum absolute atomic E-state index is 0.0249. The van der Waals surface area contributed by atoms with Gasteiger partial charge in [0.15, 0.2) is 5.78 Å². The van der Waals surface area contributed by atoms with Gasteiger partial charge in [-0.2, -0.15) is 0 Å². The molecule has 0 bridgehead atoms. The number of alkyl carbamates (subject to hydrolysis) is 1. The highest BCUT2D eigenvalue weighted by Gasteiger charge is 2.44. The summed E-state index contributed by atoms with van der Waals surface area (Å²) in [5, 5.41) is 11.7. The molecule has 0 saturated carbocycles. The number of hydrogen-bond acceptors (Lipinski definition) is 8. The molecule has 0 spiro atoms. The summed E-state index contributed by atoms with van der Waals surface area (Å²) in [6.45, 7) is 0.852. The Labute approximate surface area is 220 Å². The van der Waals surface area contributed by atoms with Crippen LogP contribution in [0.2, 0.25) is 0 Å². The number of nitrogens with two attached hydrogens (primary N) is 2. The average Bonchev–Trinajstić information content (AvgIpc) is 2.88. The van der Waals surface area contributed by atoms with Crippen molar-refractivity contribution < 1.29 is 24.2 Å². The molecular weight excluding hydrogens is 498 g/mol. The van der Waals surface area contributed by atoms with Crippen molar-refractivity contribution in [3.8, 4) is 0 Å². The first-order valence-corrected chi connectivity index (χ1v) is 14.3. The van der Waals surface area contributed by atoms with Crippen LogP contribution in [0.15, 0.2) is 60.7 Å². The lowest BCUT2D eigenvalue weighted by Crippen LogP contribution is -2.59. The standard InChI is InChI=1S/C26H35N3O5S2/c27-15-7-17-35-36-22(13-16-28)24(32)26(14-12-23(30)31,18-20-8-3-1-4-9-20)29-25(33)34-19-21-10-5-2-6-11-21/h1-6,8-11,22H,7,12-19,27-28H2,(H,29,33)(H,30,31)/t22?,26-/m1/s1. The van der Waals surface area contributed by atoms with E-state index in [1.807, 2.05) is 60.7 Å². The molecule has 2 aromatic rings. The van der Waals surface area contributed by atoms with E-state index in [-0.39, 0.29) is 38.2 Å². The number of rotatable bonds is 17. The molecule has 0 aliphatic carbocycles. The van der Waals surface area contributed by atoms with Crippen LogP contribution < -0.4 is 16.8 Å². The van der Waals surface area contributed by atoms with E-state index in [1.54, 1.807) is 0 Å². The molecule has 0 saturated heterocycles. The second kappa shape index (κ2) is 16.3. The number of carbonyl (C=O) groups is 3. The van der Waals surface area contributed by atoms with Crippen molar-refractivity contribution in [2.45, 2.75) is 49.5 Å². The highest BCUT2D eigenvalue weighted by molar-refractivity contribution is 8.77. The van der Waals surface area contributed by atoms with Crippen molar-refractivity contribution in [2.24, 2.45) is 11.5 Å². The third-order valence-electron chi connectivity index (χ3n) is 5.48. The highest BCUT2D eigenvalue weighted by atomic mass is 33.1. The summed E-state index contributed by atoms with van der Waals surface area (Å²) in [6.07, 6.45) is 0.183. The predicted molar refractivity (Wildman–Crippen MR) is 146 cm³/mol. The molecule has 2 rings (SSSR count). The Morgan fingerprint density at radius 1 is 0.972 bits per heavy atom. The first-order chi connectivity index (χ1) is 17.4.